The smallest absolute Gasteiger partial charge is 0.303 e. The molecule has 3 rings (SSSR count). The highest BCUT2D eigenvalue weighted by Gasteiger charge is 2.42. The Balaban J connectivity index is 1.64. The molecule has 5 nitrogen and oxygen atoms in total. The molecular weight excluding hydrogens is 270 g/mol. The van der Waals surface area contributed by atoms with Gasteiger partial charge >= 0.3 is 5.97 Å². The monoisotopic (exact) mass is 289 g/mol. The second kappa shape index (κ2) is 5.76. The maximum Gasteiger partial charge on any atom is 0.303 e. The Morgan fingerprint density at radius 2 is 2.05 bits per heavy atom. The summed E-state index contributed by atoms with van der Waals surface area (Å²) in [6.45, 7) is 0. The van der Waals surface area contributed by atoms with Crippen LogP contribution >= 0.6 is 0 Å². The molecule has 1 aromatic rings. The van der Waals surface area contributed by atoms with Crippen LogP contribution in [0.1, 0.15) is 37.9 Å². The summed E-state index contributed by atoms with van der Waals surface area (Å²) in [6.07, 6.45) is 8.63. The number of furan rings is 1. The molecule has 5 heteroatoms. The van der Waals surface area contributed by atoms with Gasteiger partial charge in [-0.2, -0.15) is 0 Å². The molecule has 112 valence electrons. The molecule has 3 heterocycles. The number of carboxylic acids is 1. The number of carbonyl (C=O) groups excluding carboxylic acids is 1. The standard InChI is InChI=1S/C16H19NO4/c18-15(6-5-14-2-1-7-21-14)17-12-3-4-13(17)9-11(8-12)10-16(19)20/h1-2,5-7,11-13H,3-4,8-10H2,(H,19,20). The largest absolute Gasteiger partial charge is 0.481 e. The maximum atomic E-state index is 12.4. The van der Waals surface area contributed by atoms with Crippen molar-refractivity contribution in [2.75, 3.05) is 0 Å². The van der Waals surface area contributed by atoms with Crippen molar-refractivity contribution < 1.29 is 19.1 Å². The van der Waals surface area contributed by atoms with Crippen LogP contribution in [0.25, 0.3) is 6.08 Å². The minimum atomic E-state index is -0.739. The summed E-state index contributed by atoms with van der Waals surface area (Å²) < 4.78 is 5.18. The summed E-state index contributed by atoms with van der Waals surface area (Å²) in [6, 6.07) is 3.98. The predicted molar refractivity (Wildman–Crippen MR) is 76.4 cm³/mol. The summed E-state index contributed by atoms with van der Waals surface area (Å²) in [7, 11) is 0. The highest BCUT2D eigenvalue weighted by atomic mass is 16.4. The van der Waals surface area contributed by atoms with E-state index in [-0.39, 0.29) is 30.3 Å². The number of fused-ring (bicyclic) bond motifs is 2. The number of piperidine rings is 1. The molecule has 2 aliphatic rings. The molecule has 2 bridgehead atoms. The van der Waals surface area contributed by atoms with Crippen LogP contribution in [0.5, 0.6) is 0 Å². The zero-order chi connectivity index (χ0) is 14.8. The highest BCUT2D eigenvalue weighted by Crippen LogP contribution is 2.40. The van der Waals surface area contributed by atoms with Crippen LogP contribution in [-0.4, -0.2) is 34.0 Å². The zero-order valence-corrected chi connectivity index (χ0v) is 11.8. The van der Waals surface area contributed by atoms with Gasteiger partial charge in [-0.3, -0.25) is 9.59 Å². The van der Waals surface area contributed by atoms with E-state index < -0.39 is 5.97 Å². The number of rotatable bonds is 4. The van der Waals surface area contributed by atoms with E-state index in [0.717, 1.165) is 25.7 Å². The van der Waals surface area contributed by atoms with Crippen molar-refractivity contribution in [3.63, 3.8) is 0 Å². The normalized spacial score (nSPS) is 28.2. The predicted octanol–water partition coefficient (Wildman–Crippen LogP) is 2.54. The van der Waals surface area contributed by atoms with Crippen molar-refractivity contribution >= 4 is 18.0 Å². The fourth-order valence-corrected chi connectivity index (χ4v) is 3.69. The van der Waals surface area contributed by atoms with Crippen molar-refractivity contribution in [2.24, 2.45) is 5.92 Å². The molecule has 21 heavy (non-hydrogen) atoms. The third-order valence-electron chi connectivity index (χ3n) is 4.48. The molecule has 1 amide bonds. The van der Waals surface area contributed by atoms with Gasteiger partial charge in [0.05, 0.1) is 6.26 Å². The van der Waals surface area contributed by atoms with Gasteiger partial charge in [0, 0.05) is 24.6 Å². The van der Waals surface area contributed by atoms with Crippen molar-refractivity contribution in [3.8, 4) is 0 Å². The lowest BCUT2D eigenvalue weighted by Crippen LogP contribution is -2.46. The average molecular weight is 289 g/mol. The Labute approximate surface area is 123 Å². The number of hydrogen-bond donors (Lipinski definition) is 1. The highest BCUT2D eigenvalue weighted by molar-refractivity contribution is 5.92. The molecule has 2 saturated heterocycles. The summed E-state index contributed by atoms with van der Waals surface area (Å²) >= 11 is 0. The fourth-order valence-electron chi connectivity index (χ4n) is 3.69. The van der Waals surface area contributed by atoms with Crippen LogP contribution in [0.3, 0.4) is 0 Å². The topological polar surface area (TPSA) is 70.8 Å². The van der Waals surface area contributed by atoms with Gasteiger partial charge in [0.25, 0.3) is 0 Å². The molecule has 0 spiro atoms. The molecule has 2 unspecified atom stereocenters. The Bertz CT molecular complexity index is 535. The van der Waals surface area contributed by atoms with Gasteiger partial charge in [0.1, 0.15) is 5.76 Å². The number of carbonyl (C=O) groups is 2. The summed E-state index contributed by atoms with van der Waals surface area (Å²) in [5, 5.41) is 8.92. The SMILES string of the molecule is O=C(O)CC1CC2CCC(C1)N2C(=O)C=Cc1ccco1. The number of nitrogens with zero attached hydrogens (tertiary/aromatic N) is 1. The van der Waals surface area contributed by atoms with Gasteiger partial charge in [0.2, 0.25) is 5.91 Å². The molecule has 0 radical (unpaired) electrons. The summed E-state index contributed by atoms with van der Waals surface area (Å²) in [5.74, 6) is 0.138. The number of carboxylic acid groups (broad SMARTS) is 1. The minimum Gasteiger partial charge on any atom is -0.481 e. The van der Waals surface area contributed by atoms with Gasteiger partial charge in [0.15, 0.2) is 0 Å². The van der Waals surface area contributed by atoms with Gasteiger partial charge < -0.3 is 14.4 Å². The first-order chi connectivity index (χ1) is 10.1. The van der Waals surface area contributed by atoms with Crippen LogP contribution in [0.2, 0.25) is 0 Å². The van der Waals surface area contributed by atoms with E-state index in [0.29, 0.717) is 5.76 Å². The number of amides is 1. The lowest BCUT2D eigenvalue weighted by molar-refractivity contribution is -0.139. The Morgan fingerprint density at radius 1 is 1.33 bits per heavy atom. The second-order valence-electron chi connectivity index (χ2n) is 5.91. The van der Waals surface area contributed by atoms with Crippen molar-refractivity contribution in [1.29, 1.82) is 0 Å². The zero-order valence-electron chi connectivity index (χ0n) is 11.8. The molecule has 2 aliphatic heterocycles. The Hall–Kier alpha value is -2.04. The molecule has 0 saturated carbocycles. The van der Waals surface area contributed by atoms with Gasteiger partial charge in [-0.05, 0) is 49.8 Å². The van der Waals surface area contributed by atoms with Crippen LogP contribution < -0.4 is 0 Å². The molecule has 0 aliphatic carbocycles. The van der Waals surface area contributed by atoms with E-state index in [4.69, 9.17) is 9.52 Å². The molecule has 1 aromatic heterocycles. The van der Waals surface area contributed by atoms with Gasteiger partial charge in [-0.1, -0.05) is 0 Å². The Morgan fingerprint density at radius 3 is 2.62 bits per heavy atom. The van der Waals surface area contributed by atoms with E-state index in [2.05, 4.69) is 0 Å². The lowest BCUT2D eigenvalue weighted by Gasteiger charge is -2.38. The van der Waals surface area contributed by atoms with Gasteiger partial charge in [-0.25, -0.2) is 0 Å². The third-order valence-corrected chi connectivity index (χ3v) is 4.48. The lowest BCUT2D eigenvalue weighted by atomic mass is 9.88. The van der Waals surface area contributed by atoms with E-state index in [1.165, 1.54) is 0 Å². The molecule has 2 atom stereocenters. The van der Waals surface area contributed by atoms with E-state index in [1.54, 1.807) is 30.5 Å². The van der Waals surface area contributed by atoms with E-state index in [1.807, 2.05) is 4.90 Å². The van der Waals surface area contributed by atoms with Crippen molar-refractivity contribution in [1.82, 2.24) is 4.90 Å². The van der Waals surface area contributed by atoms with E-state index in [9.17, 15) is 9.59 Å². The number of hydrogen-bond acceptors (Lipinski definition) is 3. The maximum absolute atomic E-state index is 12.4. The summed E-state index contributed by atoms with van der Waals surface area (Å²) in [4.78, 5) is 25.2. The quantitative estimate of drug-likeness (QED) is 0.865. The first kappa shape index (κ1) is 13.9. The fraction of sp³-hybridized carbons (Fsp3) is 0.500. The van der Waals surface area contributed by atoms with Gasteiger partial charge in [-0.15, -0.1) is 0 Å². The first-order valence-electron chi connectivity index (χ1n) is 7.39. The molecule has 2 fully saturated rings. The van der Waals surface area contributed by atoms with Crippen molar-refractivity contribution in [2.45, 2.75) is 44.2 Å². The molecular formula is C16H19NO4. The average Bonchev–Trinajstić information content (AvgIpc) is 3.02. The van der Waals surface area contributed by atoms with Crippen LogP contribution in [0, 0.1) is 5.92 Å². The Kier molecular flexibility index (Phi) is 3.82. The first-order valence-corrected chi connectivity index (χ1v) is 7.39. The number of aliphatic carboxylic acids is 1. The van der Waals surface area contributed by atoms with Crippen molar-refractivity contribution in [3.05, 3.63) is 30.2 Å². The molecule has 0 aromatic carbocycles. The summed E-state index contributed by atoms with van der Waals surface area (Å²) in [5.41, 5.74) is 0. The van der Waals surface area contributed by atoms with Crippen LogP contribution in [-0.2, 0) is 9.59 Å². The van der Waals surface area contributed by atoms with Crippen LogP contribution in [0.15, 0.2) is 28.9 Å². The van der Waals surface area contributed by atoms with E-state index >= 15 is 0 Å². The minimum absolute atomic E-state index is 0.00711. The second-order valence-corrected chi connectivity index (χ2v) is 5.91. The third kappa shape index (κ3) is 3.01. The van der Waals surface area contributed by atoms with Crippen LogP contribution in [0.4, 0.5) is 0 Å². The molecule has 1 N–H and O–H groups in total.